The quantitative estimate of drug-likeness (QED) is 0.0190. The average Bonchev–Trinajstić information content (AvgIpc) is 3.22. The molecule has 0 atom stereocenters. The number of carbonyl (C=O) groups is 2. The smallest absolute Gasteiger partial charge is 0.744 e. The van der Waals surface area contributed by atoms with Crippen LogP contribution < -0.4 is 170 Å². The molecule has 0 amide bonds. The van der Waals surface area contributed by atoms with Crippen LogP contribution in [0.4, 0.5) is 58.4 Å². The number of carboxylic acids is 2. The van der Waals surface area contributed by atoms with Gasteiger partial charge in [0.05, 0.1) is 39.7 Å². The number of carboxylic acid groups (broad SMARTS) is 2. The molecule has 0 saturated heterocycles. The van der Waals surface area contributed by atoms with Crippen molar-refractivity contribution >= 4 is 113 Å². The number of nitrogens with two attached hydrogens (primary N) is 2. The maximum absolute atomic E-state index is 12.5. The molecule has 0 aliphatic heterocycles. The fourth-order valence-corrected chi connectivity index (χ4v) is 7.29. The summed E-state index contributed by atoms with van der Waals surface area (Å²) in [5, 5.41) is 44.4. The summed E-state index contributed by atoms with van der Waals surface area (Å²) in [6, 6.07) is 22.1. The van der Waals surface area contributed by atoms with Crippen molar-refractivity contribution in [1.82, 2.24) is 29.9 Å². The minimum Gasteiger partial charge on any atom is -0.744 e. The Bertz CT molecular complexity index is 3190. The van der Waals surface area contributed by atoms with E-state index in [9.17, 15) is 49.6 Å². The van der Waals surface area contributed by atoms with Gasteiger partial charge in [0.15, 0.2) is 0 Å². The van der Waals surface area contributed by atoms with Crippen LogP contribution in [0.5, 0.6) is 0 Å². The first kappa shape index (κ1) is 62.2. The van der Waals surface area contributed by atoms with Gasteiger partial charge in [-0.15, -0.1) is 30.3 Å². The Balaban J connectivity index is 0.00000420. The van der Waals surface area contributed by atoms with Crippen molar-refractivity contribution in [1.29, 1.82) is 0 Å². The summed E-state index contributed by atoms with van der Waals surface area (Å²) in [6.45, 7) is -1.19. The first-order valence-electron chi connectivity index (χ1n) is 18.5. The van der Waals surface area contributed by atoms with Crippen LogP contribution in [-0.4, -0.2) is 98.8 Å². The summed E-state index contributed by atoms with van der Waals surface area (Å²) < 4.78 is 84.1. The molecule has 344 valence electrons. The monoisotopic (exact) mass is 1050 g/mol. The van der Waals surface area contributed by atoms with Gasteiger partial charge in [-0.3, -0.25) is 0 Å². The Kier molecular flexibility index (Phi) is 23.7. The van der Waals surface area contributed by atoms with Gasteiger partial charge in [-0.25, -0.2) is 35.5 Å². The molecule has 0 fully saturated rings. The first-order chi connectivity index (χ1) is 31.0. The van der Waals surface area contributed by atoms with Crippen LogP contribution >= 0.6 is 0 Å². The van der Waals surface area contributed by atoms with Crippen molar-refractivity contribution in [2.45, 2.75) is 14.7 Å². The molecule has 25 nitrogen and oxygen atoms in total. The average molecular weight is 1050 g/mol. The van der Waals surface area contributed by atoms with Crippen LogP contribution in [-0.2, 0) is 39.8 Å². The van der Waals surface area contributed by atoms with Crippen LogP contribution in [0.2, 0.25) is 0 Å². The predicted octanol–water partition coefficient (Wildman–Crippen LogP) is -12.4. The summed E-state index contributed by atoms with van der Waals surface area (Å²) in [7, 11) is -10.2. The van der Waals surface area contributed by atoms with E-state index >= 15 is 0 Å². The second-order valence-electron chi connectivity index (χ2n) is 13.7. The van der Waals surface area contributed by atoms with Crippen molar-refractivity contribution in [3.05, 3.63) is 102 Å². The van der Waals surface area contributed by atoms with Gasteiger partial charge < -0.3 is 55.4 Å². The summed E-state index contributed by atoms with van der Waals surface area (Å²) in [4.78, 5) is 49.5. The molecule has 0 radical (unpaired) electrons. The molecule has 0 aliphatic carbocycles. The van der Waals surface area contributed by atoms with Crippen molar-refractivity contribution in [3.8, 4) is 0 Å². The molecule has 32 heteroatoms. The fraction of sp³-hybridized carbons (Fsp3) is 0.105. The van der Waals surface area contributed by atoms with Gasteiger partial charge in [-0.05, 0) is 71.9 Å². The molecule has 8 N–H and O–H groups in total. The zero-order valence-corrected chi connectivity index (χ0v) is 48.5. The van der Waals surface area contributed by atoms with E-state index in [-0.39, 0.29) is 175 Å². The fourth-order valence-electron chi connectivity index (χ4n) is 5.56. The number of sulfonamides is 2. The molecule has 0 aliphatic rings. The van der Waals surface area contributed by atoms with Gasteiger partial charge >= 0.3 is 118 Å². The van der Waals surface area contributed by atoms with Gasteiger partial charge in [0.25, 0.3) is 0 Å². The number of likely N-dealkylation sites (N-methyl/N-ethyl adjacent to an activating group) is 2. The van der Waals surface area contributed by atoms with Gasteiger partial charge in [0, 0.05) is 31.2 Å². The molecule has 0 unspecified atom stereocenters. The van der Waals surface area contributed by atoms with Crippen molar-refractivity contribution in [2.24, 2.45) is 10.3 Å². The van der Waals surface area contributed by atoms with Crippen molar-refractivity contribution < 1.29 is 168 Å². The van der Waals surface area contributed by atoms with E-state index in [4.69, 9.17) is 10.3 Å². The molecule has 2 aromatic heterocycles. The third kappa shape index (κ3) is 18.3. The SMILES string of the molecule is CN(CC(=O)[O-])c1nc(Nc2c[c-]c(/C=C/c3ccc(Nc4nc(Nc5ccc(S(N)(=O)=O)cc5)nc(N(C)CC(=O)[O-])n4)cc3S(=O)(=O)[O-])cc2)nc(Nc2ccc(S(N)(=O)=O)cc2)n1.[Na+].[Na+].[Na+].[Na+]. The summed E-state index contributed by atoms with van der Waals surface area (Å²) in [6.07, 6.45) is 2.85. The summed E-state index contributed by atoms with van der Waals surface area (Å²) in [5.41, 5.74) is 1.55. The number of benzene rings is 4. The Labute approximate surface area is 489 Å². The Morgan fingerprint density at radius 2 is 0.943 bits per heavy atom. The minimum absolute atomic E-state index is 0. The van der Waals surface area contributed by atoms with E-state index in [1.807, 2.05) is 0 Å². The van der Waals surface area contributed by atoms with Gasteiger partial charge in [0.2, 0.25) is 55.7 Å². The molecule has 0 saturated carbocycles. The number of nitrogens with one attached hydrogen (secondary N) is 4. The molecular weight excluding hydrogens is 1020 g/mol. The number of hydrogen-bond donors (Lipinski definition) is 6. The predicted molar refractivity (Wildman–Crippen MR) is 234 cm³/mol. The molecule has 4 aromatic carbocycles. The number of hydrogen-bond acceptors (Lipinski definition) is 23. The van der Waals surface area contributed by atoms with Crippen LogP contribution in [0.3, 0.4) is 0 Å². The van der Waals surface area contributed by atoms with E-state index in [1.165, 1.54) is 97.9 Å². The van der Waals surface area contributed by atoms with Crippen LogP contribution in [0.15, 0.2) is 99.6 Å². The second-order valence-corrected chi connectivity index (χ2v) is 18.2. The third-order valence-electron chi connectivity index (χ3n) is 8.61. The van der Waals surface area contributed by atoms with Crippen molar-refractivity contribution in [3.63, 3.8) is 0 Å². The number of rotatable bonds is 19. The molecule has 0 spiro atoms. The number of nitrogens with zero attached hydrogens (tertiary/aromatic N) is 8. The van der Waals surface area contributed by atoms with Gasteiger partial charge in [-0.2, -0.15) is 35.5 Å². The maximum Gasteiger partial charge on any atom is 1.00 e. The van der Waals surface area contributed by atoms with E-state index in [0.717, 1.165) is 11.0 Å². The number of aromatic nitrogens is 6. The standard InChI is InChI=1S/C38H37N14O11S3.4Na/c1-51(20-31(53)54)37-47-33(45-34(48-37)42-25-11-15-28(16-12-25)64(39,57)58)41-24-8-4-22(5-9-24)3-6-23-7-10-27(19-30(23)66(61,62)63)44-36-46-35(49-38(50-36)52(2)21-32(55)56)43-26-13-17-29(18-14-26)65(40,59)60;;;;/h3-4,6-19H,20-21H2,1-2H3,(H,53,54)(H,55,56)(H2,39,57,58)(H2,40,59,60)(H,61,62,63)(H2,41,42,45,47,48)(H2,43,44,46,49,50);;;;/q-1;4*+1/p-3/b6-3+;;;;. The Hall–Kier alpha value is -3.89. The molecule has 70 heavy (non-hydrogen) atoms. The number of aliphatic carboxylic acids is 2. The zero-order chi connectivity index (χ0) is 48.0. The number of primary sulfonamides is 2. The van der Waals surface area contributed by atoms with Crippen LogP contribution in [0.1, 0.15) is 11.1 Å². The van der Waals surface area contributed by atoms with Gasteiger partial charge in [0.1, 0.15) is 10.1 Å². The normalized spacial score (nSPS) is 11.1. The number of anilines is 10. The van der Waals surface area contributed by atoms with E-state index in [1.54, 1.807) is 12.1 Å². The minimum atomic E-state index is -5.09. The topological polar surface area (TPSA) is 390 Å². The molecule has 0 bridgehead atoms. The van der Waals surface area contributed by atoms with E-state index in [2.05, 4.69) is 57.2 Å². The van der Waals surface area contributed by atoms with Crippen LogP contribution in [0, 0.1) is 6.07 Å². The summed E-state index contributed by atoms with van der Waals surface area (Å²) in [5.74, 6) is -3.51. The molecular formula is C38H34N14Na4O11S3. The Morgan fingerprint density at radius 3 is 1.30 bits per heavy atom. The Morgan fingerprint density at radius 1 is 0.571 bits per heavy atom. The van der Waals surface area contributed by atoms with E-state index < -0.39 is 60.1 Å². The van der Waals surface area contributed by atoms with Crippen LogP contribution in [0.25, 0.3) is 12.2 Å². The van der Waals surface area contributed by atoms with E-state index in [0.29, 0.717) is 22.6 Å². The van der Waals surface area contributed by atoms with Crippen molar-refractivity contribution in [2.75, 3.05) is 58.3 Å². The summed E-state index contributed by atoms with van der Waals surface area (Å²) >= 11 is 0. The zero-order valence-electron chi connectivity index (χ0n) is 38.1. The van der Waals surface area contributed by atoms with Gasteiger partial charge in [-0.1, -0.05) is 12.1 Å². The first-order valence-corrected chi connectivity index (χ1v) is 23.0. The largest absolute Gasteiger partial charge is 1.00 e. The third-order valence-corrected chi connectivity index (χ3v) is 11.4. The number of carbonyl (C=O) groups excluding carboxylic acids is 2. The molecule has 6 rings (SSSR count). The maximum atomic E-state index is 12.5. The molecule has 6 aromatic rings. The second kappa shape index (κ2) is 26.7. The molecule has 2 heterocycles.